The van der Waals surface area contributed by atoms with Crippen molar-refractivity contribution < 1.29 is 14.3 Å². The van der Waals surface area contributed by atoms with Gasteiger partial charge < -0.3 is 20.7 Å². The minimum atomic E-state index is -1.03. The first kappa shape index (κ1) is 23.0. The molecule has 1 aliphatic carbocycles. The lowest BCUT2D eigenvalue weighted by Gasteiger charge is -2.36. The molecule has 2 aliphatic heterocycles. The number of benzene rings is 1. The smallest absolute Gasteiger partial charge is 0.236 e. The Hall–Kier alpha value is -2.75. The molecule has 6 N–H and O–H groups in total. The van der Waals surface area contributed by atoms with Crippen molar-refractivity contribution in [1.29, 1.82) is 0 Å². The highest BCUT2D eigenvalue weighted by Gasteiger charge is 2.48. The quantitative estimate of drug-likeness (QED) is 0.459. The summed E-state index contributed by atoms with van der Waals surface area (Å²) in [4.78, 5) is 21.6. The van der Waals surface area contributed by atoms with E-state index in [-0.39, 0.29) is 42.1 Å². The maximum Gasteiger partial charge on any atom is 0.236 e. The van der Waals surface area contributed by atoms with Crippen LogP contribution < -0.4 is 16.6 Å². The van der Waals surface area contributed by atoms with Crippen molar-refractivity contribution in [3.05, 3.63) is 53.1 Å². The number of nitrogens with two attached hydrogens (primary N) is 1. The Labute approximate surface area is 198 Å². The van der Waals surface area contributed by atoms with Crippen LogP contribution in [0.4, 0.5) is 4.39 Å². The number of H-pyrrole nitrogens is 1. The molecule has 2 fully saturated rings. The van der Waals surface area contributed by atoms with Gasteiger partial charge in [-0.15, -0.1) is 0 Å². The molecular formula is C25H33FN6O2. The predicted octanol–water partition coefficient (Wildman–Crippen LogP) is 2.30. The van der Waals surface area contributed by atoms with Crippen molar-refractivity contribution in [2.24, 2.45) is 11.7 Å². The summed E-state index contributed by atoms with van der Waals surface area (Å²) in [5, 5.41) is 9.84. The van der Waals surface area contributed by atoms with Crippen molar-refractivity contribution in [3.8, 4) is 5.75 Å². The lowest BCUT2D eigenvalue weighted by atomic mass is 9.71. The van der Waals surface area contributed by atoms with E-state index in [9.17, 15) is 9.90 Å². The molecule has 9 heteroatoms. The zero-order valence-electron chi connectivity index (χ0n) is 19.4. The molecule has 5 atom stereocenters. The maximum absolute atomic E-state index is 15.8. The summed E-state index contributed by atoms with van der Waals surface area (Å²) in [6, 6.07) is 4.90. The molecule has 5 unspecified atom stereocenters. The fraction of sp³-hybridized carbons (Fsp3) is 0.520. The van der Waals surface area contributed by atoms with Crippen molar-refractivity contribution >= 4 is 11.5 Å². The fourth-order valence-electron chi connectivity index (χ4n) is 5.84. The second-order valence-corrected chi connectivity index (χ2v) is 9.53. The van der Waals surface area contributed by atoms with Crippen LogP contribution in [0.3, 0.4) is 0 Å². The number of alkyl halides is 1. The monoisotopic (exact) mass is 468 g/mol. The third-order valence-electron chi connectivity index (χ3n) is 7.71. The van der Waals surface area contributed by atoms with Crippen LogP contribution in [0.2, 0.25) is 0 Å². The third-order valence-corrected chi connectivity index (χ3v) is 7.71. The molecule has 0 bridgehead atoms. The number of aromatic amines is 1. The zero-order chi connectivity index (χ0) is 23.8. The molecule has 1 aromatic carbocycles. The molecule has 1 saturated carbocycles. The Morgan fingerprint density at radius 2 is 2.18 bits per heavy atom. The second kappa shape index (κ2) is 9.48. The second-order valence-electron chi connectivity index (χ2n) is 9.53. The van der Waals surface area contributed by atoms with Crippen molar-refractivity contribution in [2.45, 2.75) is 56.8 Å². The summed E-state index contributed by atoms with van der Waals surface area (Å²) in [5.41, 5.74) is 16.1. The number of aromatic nitrogens is 2. The summed E-state index contributed by atoms with van der Waals surface area (Å²) in [6.45, 7) is 3.26. The van der Waals surface area contributed by atoms with Gasteiger partial charge in [-0.2, -0.15) is 0 Å². The molecule has 3 heterocycles. The molecule has 1 amide bonds. The van der Waals surface area contributed by atoms with Crippen molar-refractivity contribution in [2.75, 3.05) is 19.6 Å². The topological polar surface area (TPSA) is 119 Å². The number of halogens is 1. The molecule has 8 nitrogen and oxygen atoms in total. The van der Waals surface area contributed by atoms with Crippen LogP contribution in [0.15, 0.2) is 30.5 Å². The number of hydrogen-bond donors (Lipinski definition) is 5. The minimum Gasteiger partial charge on any atom is -0.508 e. The average Bonchev–Trinajstić information content (AvgIpc) is 3.52. The van der Waals surface area contributed by atoms with Crippen LogP contribution in [-0.2, 0) is 11.2 Å². The van der Waals surface area contributed by atoms with Crippen molar-refractivity contribution in [1.82, 2.24) is 25.7 Å². The number of hydrazine groups is 1. The number of phenols is 1. The van der Waals surface area contributed by atoms with Gasteiger partial charge in [0.05, 0.1) is 30.5 Å². The van der Waals surface area contributed by atoms with Crippen LogP contribution >= 0.6 is 0 Å². The first-order chi connectivity index (χ1) is 16.5. The SMILES string of the molecule is CCc1cc(O)ccc1C1CCC2C(c3ncc(C4=CCN(C(=O)CN)CC4)[nH]3)NNC2C1F. The normalized spacial score (nSPS) is 29.1. The summed E-state index contributed by atoms with van der Waals surface area (Å²) in [7, 11) is 0. The number of imidazole rings is 1. The van der Waals surface area contributed by atoms with Crippen LogP contribution in [0.1, 0.15) is 60.8 Å². The molecule has 1 aromatic heterocycles. The Morgan fingerprint density at radius 1 is 1.32 bits per heavy atom. The number of hydrogen-bond acceptors (Lipinski definition) is 6. The molecule has 0 spiro atoms. The van der Waals surface area contributed by atoms with E-state index in [2.05, 4.69) is 20.8 Å². The van der Waals surface area contributed by atoms with Gasteiger partial charge in [0.2, 0.25) is 5.91 Å². The molecule has 1 saturated heterocycles. The predicted molar refractivity (Wildman–Crippen MR) is 127 cm³/mol. The lowest BCUT2D eigenvalue weighted by molar-refractivity contribution is -0.129. The maximum atomic E-state index is 15.8. The van der Waals surface area contributed by atoms with Gasteiger partial charge in [-0.25, -0.2) is 14.8 Å². The Morgan fingerprint density at radius 3 is 2.91 bits per heavy atom. The molecule has 182 valence electrons. The van der Waals surface area contributed by atoms with E-state index in [1.165, 1.54) is 0 Å². The Bertz CT molecular complexity index is 1090. The van der Waals surface area contributed by atoms with Gasteiger partial charge in [-0.1, -0.05) is 19.1 Å². The van der Waals surface area contributed by atoms with Gasteiger partial charge in [0.25, 0.3) is 0 Å². The molecule has 34 heavy (non-hydrogen) atoms. The number of carbonyl (C=O) groups is 1. The number of phenolic OH excluding ortho intramolecular Hbond substituents is 1. The van der Waals surface area contributed by atoms with Gasteiger partial charge in [0, 0.05) is 24.9 Å². The number of fused-ring (bicyclic) bond motifs is 1. The zero-order valence-corrected chi connectivity index (χ0v) is 19.4. The highest BCUT2D eigenvalue weighted by Crippen LogP contribution is 2.45. The van der Waals surface area contributed by atoms with Gasteiger partial charge in [0.1, 0.15) is 17.7 Å². The molecule has 3 aliphatic rings. The van der Waals surface area contributed by atoms with E-state index in [0.29, 0.717) is 13.1 Å². The minimum absolute atomic E-state index is 0.0310. The lowest BCUT2D eigenvalue weighted by Crippen LogP contribution is -2.45. The van der Waals surface area contributed by atoms with Crippen LogP contribution in [-0.4, -0.2) is 57.7 Å². The van der Waals surface area contributed by atoms with E-state index in [0.717, 1.165) is 53.9 Å². The number of rotatable bonds is 5. The highest BCUT2D eigenvalue weighted by molar-refractivity contribution is 5.79. The molecule has 0 radical (unpaired) electrons. The Balaban J connectivity index is 1.29. The summed E-state index contributed by atoms with van der Waals surface area (Å²) >= 11 is 0. The largest absolute Gasteiger partial charge is 0.508 e. The summed E-state index contributed by atoms with van der Waals surface area (Å²) < 4.78 is 15.8. The summed E-state index contributed by atoms with van der Waals surface area (Å²) in [5.74, 6) is 0.892. The molecular weight excluding hydrogens is 435 g/mol. The number of aryl methyl sites for hydroxylation is 1. The van der Waals surface area contributed by atoms with E-state index in [1.807, 2.05) is 25.3 Å². The third kappa shape index (κ3) is 4.12. The van der Waals surface area contributed by atoms with E-state index in [4.69, 9.17) is 5.73 Å². The average molecular weight is 469 g/mol. The number of nitrogens with one attached hydrogen (secondary N) is 3. The van der Waals surface area contributed by atoms with Crippen molar-refractivity contribution in [3.63, 3.8) is 0 Å². The molecule has 2 aromatic rings. The summed E-state index contributed by atoms with van der Waals surface area (Å²) in [6.07, 6.45) is 5.98. The van der Waals surface area contributed by atoms with Gasteiger partial charge in [-0.3, -0.25) is 10.2 Å². The first-order valence-corrected chi connectivity index (χ1v) is 12.2. The Kier molecular flexibility index (Phi) is 6.42. The number of amides is 1. The van der Waals surface area contributed by atoms with Gasteiger partial charge in [0.15, 0.2) is 0 Å². The number of carbonyl (C=O) groups excluding carboxylic acids is 1. The van der Waals surface area contributed by atoms with Gasteiger partial charge in [-0.05, 0) is 54.5 Å². The number of aromatic hydroxyl groups is 1. The first-order valence-electron chi connectivity index (χ1n) is 12.2. The van der Waals surface area contributed by atoms with Crippen LogP contribution in [0.25, 0.3) is 5.57 Å². The number of nitrogens with zero attached hydrogens (tertiary/aromatic N) is 2. The van der Waals surface area contributed by atoms with Gasteiger partial charge >= 0.3 is 0 Å². The van der Waals surface area contributed by atoms with Crippen LogP contribution in [0, 0.1) is 5.92 Å². The van der Waals surface area contributed by atoms with E-state index in [1.54, 1.807) is 17.0 Å². The molecule has 5 rings (SSSR count). The highest BCUT2D eigenvalue weighted by atomic mass is 19.1. The fourth-order valence-corrected chi connectivity index (χ4v) is 5.84. The van der Waals surface area contributed by atoms with Crippen LogP contribution in [0.5, 0.6) is 5.75 Å². The van der Waals surface area contributed by atoms with E-state index >= 15 is 4.39 Å². The standard InChI is InChI=1S/C25H33FN6O2/c1-2-14-11-16(33)3-4-17(14)18-5-6-19-23(22(18)26)30-31-24(19)25-28-13-20(29-25)15-7-9-32(10-8-15)21(34)12-27/h3-4,7,11,13,18-19,22-24,30-31,33H,2,5-6,8-10,12,27H2,1H3,(H,28,29). The van der Waals surface area contributed by atoms with E-state index < -0.39 is 6.17 Å².